The first-order valence-corrected chi connectivity index (χ1v) is 12.9. The van der Waals surface area contributed by atoms with Gasteiger partial charge in [0.15, 0.2) is 5.75 Å². The van der Waals surface area contributed by atoms with Crippen LogP contribution in [0.5, 0.6) is 17.2 Å². The van der Waals surface area contributed by atoms with Crippen LogP contribution in [0.4, 0.5) is 24.5 Å². The van der Waals surface area contributed by atoms with Crippen LogP contribution in [0.3, 0.4) is 0 Å². The van der Waals surface area contributed by atoms with Gasteiger partial charge in [0.1, 0.15) is 11.5 Å². The first-order valence-electron chi connectivity index (χ1n) is 12.9. The molecule has 10 heteroatoms. The maximum absolute atomic E-state index is 13.4. The van der Waals surface area contributed by atoms with Crippen LogP contribution in [0.1, 0.15) is 21.5 Å². The third-order valence-electron chi connectivity index (χ3n) is 7.11. The molecule has 0 atom stereocenters. The van der Waals surface area contributed by atoms with E-state index in [1.807, 2.05) is 54.6 Å². The highest BCUT2D eigenvalue weighted by molar-refractivity contribution is 5.96. The third-order valence-corrected chi connectivity index (χ3v) is 7.11. The Bertz CT molecular complexity index is 1380. The van der Waals surface area contributed by atoms with Crippen LogP contribution in [0, 0.1) is 0 Å². The van der Waals surface area contributed by atoms with E-state index in [1.54, 1.807) is 30.1 Å². The Kier molecular flexibility index (Phi) is 7.88. The predicted molar refractivity (Wildman–Crippen MR) is 146 cm³/mol. The molecule has 2 aliphatic heterocycles. The van der Waals surface area contributed by atoms with Crippen LogP contribution in [-0.2, 0) is 6.54 Å². The van der Waals surface area contributed by atoms with Crippen molar-refractivity contribution in [3.05, 3.63) is 83.4 Å². The van der Waals surface area contributed by atoms with E-state index < -0.39 is 12.1 Å². The Morgan fingerprint density at radius 2 is 1.55 bits per heavy atom. The largest absolute Gasteiger partial charge is 0.573 e. The van der Waals surface area contributed by atoms with Gasteiger partial charge < -0.3 is 24.0 Å². The highest BCUT2D eigenvalue weighted by atomic mass is 19.4. The van der Waals surface area contributed by atoms with Crippen molar-refractivity contribution in [2.75, 3.05) is 51.8 Å². The number of rotatable bonds is 7. The highest BCUT2D eigenvalue weighted by Crippen LogP contribution is 2.40. The first-order chi connectivity index (χ1) is 19.3. The van der Waals surface area contributed by atoms with Crippen LogP contribution < -0.4 is 19.1 Å². The minimum Gasteiger partial charge on any atom is -0.496 e. The molecule has 0 bridgehead atoms. The number of ether oxygens (including phenoxy) is 3. The van der Waals surface area contributed by atoms with Crippen molar-refractivity contribution in [3.63, 3.8) is 0 Å². The van der Waals surface area contributed by atoms with E-state index in [-0.39, 0.29) is 17.2 Å². The van der Waals surface area contributed by atoms with Gasteiger partial charge in [-0.15, -0.1) is 13.2 Å². The fourth-order valence-electron chi connectivity index (χ4n) is 5.16. The quantitative estimate of drug-likeness (QED) is 0.373. The summed E-state index contributed by atoms with van der Waals surface area (Å²) in [6.07, 6.45) is -1.11. The highest BCUT2D eigenvalue weighted by Gasteiger charge is 2.34. The van der Waals surface area contributed by atoms with Gasteiger partial charge >= 0.3 is 6.36 Å². The van der Waals surface area contributed by atoms with Crippen molar-refractivity contribution in [2.45, 2.75) is 12.9 Å². The van der Waals surface area contributed by atoms with Crippen molar-refractivity contribution >= 4 is 23.4 Å². The molecule has 0 aliphatic carbocycles. The number of methoxy groups -OCH3 is 2. The number of piperazine rings is 1. The monoisotopic (exact) mass is 553 g/mol. The lowest BCUT2D eigenvalue weighted by Gasteiger charge is -2.35. The molecule has 3 aromatic carbocycles. The molecular formula is C30H30F3N3O4. The molecule has 210 valence electrons. The molecule has 0 unspecified atom stereocenters. The summed E-state index contributed by atoms with van der Waals surface area (Å²) >= 11 is 0. The number of alkyl halides is 3. The number of nitrogens with zero attached hydrogens (tertiary/aromatic N) is 3. The molecule has 5 rings (SSSR count). The molecule has 1 fully saturated rings. The molecule has 0 aromatic heterocycles. The van der Waals surface area contributed by atoms with Gasteiger partial charge in [0, 0.05) is 50.5 Å². The Hall–Kier alpha value is -4.18. The second-order valence-electron chi connectivity index (χ2n) is 9.51. The lowest BCUT2D eigenvalue weighted by molar-refractivity contribution is -0.274. The number of anilines is 2. The van der Waals surface area contributed by atoms with Gasteiger partial charge in [-0.25, -0.2) is 0 Å². The standard InChI is InChI=1S/C30H30F3N3O4/c1-38-26-10-5-11-27(39-2)23(26)20-34-15-17-35(18-16-34)29(37)22-12-13-25(28(19-22)40-30(31,32)33)36-14-6-8-21-7-3-4-9-24(21)36/h3-13,19H,14-18,20H2,1-2H3. The molecule has 0 spiro atoms. The number of carbonyl (C=O) groups is 1. The van der Waals surface area contributed by atoms with Gasteiger partial charge in [-0.1, -0.05) is 36.4 Å². The summed E-state index contributed by atoms with van der Waals surface area (Å²) in [6, 6.07) is 17.3. The number of halogens is 3. The van der Waals surface area contributed by atoms with Crippen LogP contribution in [-0.4, -0.2) is 69.0 Å². The third kappa shape index (κ3) is 5.86. The van der Waals surface area contributed by atoms with Gasteiger partial charge in [0.25, 0.3) is 5.91 Å². The maximum Gasteiger partial charge on any atom is 0.573 e. The van der Waals surface area contributed by atoms with Crippen molar-refractivity contribution < 1.29 is 32.2 Å². The molecule has 0 N–H and O–H groups in total. The average Bonchev–Trinajstić information content (AvgIpc) is 2.96. The second-order valence-corrected chi connectivity index (χ2v) is 9.51. The van der Waals surface area contributed by atoms with Gasteiger partial charge in [0.05, 0.1) is 25.5 Å². The Morgan fingerprint density at radius 3 is 2.23 bits per heavy atom. The van der Waals surface area contributed by atoms with Gasteiger partial charge in [0.2, 0.25) is 0 Å². The summed E-state index contributed by atoms with van der Waals surface area (Å²) in [6.45, 7) is 2.99. The van der Waals surface area contributed by atoms with Crippen molar-refractivity contribution in [2.24, 2.45) is 0 Å². The molecule has 0 radical (unpaired) electrons. The van der Waals surface area contributed by atoms with E-state index in [9.17, 15) is 18.0 Å². The Labute approximate surface area is 231 Å². The van der Waals surface area contributed by atoms with Crippen molar-refractivity contribution in [3.8, 4) is 17.2 Å². The van der Waals surface area contributed by atoms with Gasteiger partial charge in [-0.2, -0.15) is 0 Å². The number of benzene rings is 3. The minimum atomic E-state index is -4.91. The fourth-order valence-corrected chi connectivity index (χ4v) is 5.16. The molecule has 2 heterocycles. The van der Waals surface area contributed by atoms with E-state index in [0.29, 0.717) is 39.3 Å². The number of hydrogen-bond donors (Lipinski definition) is 0. The van der Waals surface area contributed by atoms with E-state index in [0.717, 1.165) is 28.3 Å². The molecule has 7 nitrogen and oxygen atoms in total. The fraction of sp³-hybridized carbons (Fsp3) is 0.300. The molecule has 40 heavy (non-hydrogen) atoms. The number of para-hydroxylation sites is 1. The molecule has 2 aliphatic rings. The molecule has 1 amide bonds. The molecular weight excluding hydrogens is 523 g/mol. The van der Waals surface area contributed by atoms with Gasteiger partial charge in [-0.05, 0) is 42.0 Å². The SMILES string of the molecule is COc1cccc(OC)c1CN1CCN(C(=O)c2ccc(N3CC=Cc4ccccc43)c(OC(F)(F)F)c2)CC1. The predicted octanol–water partition coefficient (Wildman–Crippen LogP) is 5.73. The summed E-state index contributed by atoms with van der Waals surface area (Å²) < 4.78 is 55.7. The minimum absolute atomic E-state index is 0.142. The zero-order valence-corrected chi connectivity index (χ0v) is 22.3. The van der Waals surface area contributed by atoms with E-state index in [1.165, 1.54) is 12.1 Å². The van der Waals surface area contributed by atoms with Crippen molar-refractivity contribution in [1.29, 1.82) is 0 Å². The number of fused-ring (bicyclic) bond motifs is 1. The summed E-state index contributed by atoms with van der Waals surface area (Å²) in [5, 5.41) is 0. The summed E-state index contributed by atoms with van der Waals surface area (Å²) in [4.78, 5) is 19.0. The summed E-state index contributed by atoms with van der Waals surface area (Å²) in [5.74, 6) is 0.696. The first kappa shape index (κ1) is 27.4. The lowest BCUT2D eigenvalue weighted by atomic mass is 10.1. The average molecular weight is 554 g/mol. The van der Waals surface area contributed by atoms with Crippen LogP contribution >= 0.6 is 0 Å². The second kappa shape index (κ2) is 11.5. The van der Waals surface area contributed by atoms with Gasteiger partial charge in [-0.3, -0.25) is 9.69 Å². The van der Waals surface area contributed by atoms with Crippen molar-refractivity contribution in [1.82, 2.24) is 9.80 Å². The Balaban J connectivity index is 1.33. The van der Waals surface area contributed by atoms with Crippen LogP contribution in [0.25, 0.3) is 6.08 Å². The zero-order valence-electron chi connectivity index (χ0n) is 22.3. The summed E-state index contributed by atoms with van der Waals surface area (Å²) in [7, 11) is 3.22. The number of amides is 1. The molecule has 1 saturated heterocycles. The molecule has 0 saturated carbocycles. The number of carbonyl (C=O) groups excluding carboxylic acids is 1. The normalized spacial score (nSPS) is 15.5. The van der Waals surface area contributed by atoms with E-state index in [4.69, 9.17) is 9.47 Å². The van der Waals surface area contributed by atoms with E-state index >= 15 is 0 Å². The lowest BCUT2D eigenvalue weighted by Crippen LogP contribution is -2.48. The van der Waals surface area contributed by atoms with Crippen LogP contribution in [0.2, 0.25) is 0 Å². The van der Waals surface area contributed by atoms with Crippen LogP contribution in [0.15, 0.2) is 66.7 Å². The summed E-state index contributed by atoms with van der Waals surface area (Å²) in [5.41, 5.74) is 2.95. The zero-order chi connectivity index (χ0) is 28.3. The smallest absolute Gasteiger partial charge is 0.496 e. The van der Waals surface area contributed by atoms with E-state index in [2.05, 4.69) is 9.64 Å². The Morgan fingerprint density at radius 1 is 0.850 bits per heavy atom. The topological polar surface area (TPSA) is 54.5 Å². The number of hydrogen-bond acceptors (Lipinski definition) is 6. The molecule has 3 aromatic rings. The maximum atomic E-state index is 13.4.